The number of H-pyrrole nitrogens is 1. The molecular formula is C20H22FN3O2. The molecule has 0 fully saturated rings. The van der Waals surface area contributed by atoms with Gasteiger partial charge in [-0.05, 0) is 57.5 Å². The normalized spacial score (nSPS) is 14.5. The lowest BCUT2D eigenvalue weighted by atomic mass is 10.0. The van der Waals surface area contributed by atoms with Crippen LogP contribution in [0.5, 0.6) is 0 Å². The number of nitrogens with zero attached hydrogens (tertiary/aromatic N) is 1. The van der Waals surface area contributed by atoms with E-state index in [-0.39, 0.29) is 11.8 Å². The fourth-order valence-corrected chi connectivity index (χ4v) is 3.36. The molecule has 3 rings (SSSR count). The molecule has 0 bridgehead atoms. The minimum Gasteiger partial charge on any atom is -0.358 e. The largest absolute Gasteiger partial charge is 0.358 e. The van der Waals surface area contributed by atoms with Gasteiger partial charge >= 0.3 is 0 Å². The molecule has 0 spiro atoms. The molecule has 2 N–H and O–H groups in total. The Morgan fingerprint density at radius 2 is 1.92 bits per heavy atom. The van der Waals surface area contributed by atoms with Crippen molar-refractivity contribution in [1.82, 2.24) is 9.88 Å². The van der Waals surface area contributed by atoms with Crippen LogP contribution in [0.25, 0.3) is 11.6 Å². The number of benzene rings is 1. The summed E-state index contributed by atoms with van der Waals surface area (Å²) in [7, 11) is 0. The van der Waals surface area contributed by atoms with E-state index in [1.165, 1.54) is 12.1 Å². The molecule has 2 amide bonds. The third kappa shape index (κ3) is 2.92. The first-order valence-corrected chi connectivity index (χ1v) is 8.68. The highest BCUT2D eigenvalue weighted by Crippen LogP contribution is 2.34. The zero-order valence-electron chi connectivity index (χ0n) is 15.4. The van der Waals surface area contributed by atoms with Crippen molar-refractivity contribution in [2.24, 2.45) is 0 Å². The topological polar surface area (TPSA) is 65.2 Å². The number of aryl methyl sites for hydroxylation is 1. The molecule has 2 heterocycles. The number of hydrogen-bond acceptors (Lipinski definition) is 2. The number of halogens is 1. The van der Waals surface area contributed by atoms with E-state index < -0.39 is 5.82 Å². The van der Waals surface area contributed by atoms with E-state index in [1.807, 2.05) is 27.7 Å². The van der Waals surface area contributed by atoms with Crippen molar-refractivity contribution in [2.75, 3.05) is 18.4 Å². The number of fused-ring (bicyclic) bond motifs is 1. The molecule has 0 atom stereocenters. The molecule has 2 aromatic rings. The second-order valence-electron chi connectivity index (χ2n) is 6.34. The van der Waals surface area contributed by atoms with E-state index in [0.29, 0.717) is 41.2 Å². The predicted molar refractivity (Wildman–Crippen MR) is 100 cm³/mol. The van der Waals surface area contributed by atoms with Crippen molar-refractivity contribution in [2.45, 2.75) is 27.7 Å². The van der Waals surface area contributed by atoms with Crippen molar-refractivity contribution in [1.29, 1.82) is 0 Å². The molecule has 1 aliphatic rings. The Balaban J connectivity index is 2.06. The zero-order valence-corrected chi connectivity index (χ0v) is 15.4. The first kappa shape index (κ1) is 17.9. The molecule has 0 unspecified atom stereocenters. The number of anilines is 1. The predicted octanol–water partition coefficient (Wildman–Crippen LogP) is 3.75. The Kier molecular flexibility index (Phi) is 4.68. The summed E-state index contributed by atoms with van der Waals surface area (Å²) < 4.78 is 13.6. The van der Waals surface area contributed by atoms with E-state index in [4.69, 9.17) is 0 Å². The molecule has 0 radical (unpaired) electrons. The Hall–Kier alpha value is -2.89. The molecule has 0 saturated heterocycles. The van der Waals surface area contributed by atoms with Crippen LogP contribution in [-0.2, 0) is 4.79 Å². The van der Waals surface area contributed by atoms with Gasteiger partial charge in [0.15, 0.2) is 0 Å². The van der Waals surface area contributed by atoms with Gasteiger partial charge < -0.3 is 15.2 Å². The average molecular weight is 355 g/mol. The average Bonchev–Trinajstić information content (AvgIpc) is 3.05. The van der Waals surface area contributed by atoms with Crippen molar-refractivity contribution < 1.29 is 14.0 Å². The minimum atomic E-state index is -0.400. The summed E-state index contributed by atoms with van der Waals surface area (Å²) >= 11 is 0. The number of carbonyl (C=O) groups excluding carboxylic acids is 2. The lowest BCUT2D eigenvalue weighted by molar-refractivity contribution is -0.110. The summed E-state index contributed by atoms with van der Waals surface area (Å²) in [5.74, 6) is -0.718. The maximum absolute atomic E-state index is 13.6. The van der Waals surface area contributed by atoms with E-state index in [2.05, 4.69) is 10.3 Å². The molecule has 1 aliphatic heterocycles. The third-order valence-corrected chi connectivity index (χ3v) is 4.79. The van der Waals surface area contributed by atoms with E-state index in [0.717, 1.165) is 11.3 Å². The van der Waals surface area contributed by atoms with Gasteiger partial charge in [-0.2, -0.15) is 0 Å². The summed E-state index contributed by atoms with van der Waals surface area (Å²) in [6, 6.07) is 4.20. The molecule has 1 aromatic heterocycles. The van der Waals surface area contributed by atoms with Gasteiger partial charge in [0.25, 0.3) is 11.8 Å². The first-order chi connectivity index (χ1) is 12.4. The fraction of sp³-hybridized carbons (Fsp3) is 0.300. The van der Waals surface area contributed by atoms with Crippen LogP contribution in [0, 0.1) is 19.7 Å². The van der Waals surface area contributed by atoms with Gasteiger partial charge in [-0.1, -0.05) is 0 Å². The van der Waals surface area contributed by atoms with Crippen molar-refractivity contribution in [3.63, 3.8) is 0 Å². The van der Waals surface area contributed by atoms with Crippen molar-refractivity contribution in [3.8, 4) is 0 Å². The van der Waals surface area contributed by atoms with Crippen LogP contribution in [0.1, 0.15) is 46.7 Å². The Bertz CT molecular complexity index is 923. The van der Waals surface area contributed by atoms with Crippen LogP contribution in [0.4, 0.5) is 10.1 Å². The second kappa shape index (κ2) is 6.78. The quantitative estimate of drug-likeness (QED) is 0.821. The molecule has 1 aromatic carbocycles. The lowest BCUT2D eigenvalue weighted by Gasteiger charge is -2.19. The van der Waals surface area contributed by atoms with Crippen molar-refractivity contribution in [3.05, 3.63) is 52.1 Å². The summed E-state index contributed by atoms with van der Waals surface area (Å²) in [4.78, 5) is 30.0. The van der Waals surface area contributed by atoms with Crippen LogP contribution < -0.4 is 5.32 Å². The SMILES string of the molecule is CCN(CC)C(=O)c1c(C)[nH]c(C=C2C(=O)Nc3ccc(F)cc32)c1C. The molecule has 26 heavy (non-hydrogen) atoms. The molecule has 0 saturated carbocycles. The maximum atomic E-state index is 13.6. The van der Waals surface area contributed by atoms with E-state index in [9.17, 15) is 14.0 Å². The zero-order chi connectivity index (χ0) is 19.0. The number of nitrogens with one attached hydrogen (secondary N) is 2. The lowest BCUT2D eigenvalue weighted by Crippen LogP contribution is -2.31. The van der Waals surface area contributed by atoms with Gasteiger partial charge in [-0.3, -0.25) is 9.59 Å². The summed E-state index contributed by atoms with van der Waals surface area (Å²) in [5.41, 5.74) is 4.33. The number of amides is 2. The van der Waals surface area contributed by atoms with Gasteiger partial charge in [0.1, 0.15) is 5.82 Å². The number of carbonyl (C=O) groups is 2. The standard InChI is InChI=1S/C20H22FN3O2/c1-5-24(6-2)20(26)18-11(3)17(22-12(18)4)10-15-14-9-13(21)7-8-16(14)23-19(15)25/h7-10,22H,5-6H2,1-4H3,(H,23,25). The van der Waals surface area contributed by atoms with Crippen LogP contribution in [-0.4, -0.2) is 34.8 Å². The van der Waals surface area contributed by atoms with E-state index in [1.54, 1.807) is 17.0 Å². The third-order valence-electron chi connectivity index (χ3n) is 4.79. The van der Waals surface area contributed by atoms with Gasteiger partial charge in [0.2, 0.25) is 0 Å². The fourth-order valence-electron chi connectivity index (χ4n) is 3.36. The van der Waals surface area contributed by atoms with Crippen molar-refractivity contribution >= 4 is 29.2 Å². The van der Waals surface area contributed by atoms with E-state index >= 15 is 0 Å². The van der Waals surface area contributed by atoms with Gasteiger partial charge in [-0.15, -0.1) is 0 Å². The molecule has 136 valence electrons. The Morgan fingerprint density at radius 3 is 2.58 bits per heavy atom. The molecule has 0 aliphatic carbocycles. The number of hydrogen-bond donors (Lipinski definition) is 2. The Morgan fingerprint density at radius 1 is 1.23 bits per heavy atom. The second-order valence-corrected chi connectivity index (χ2v) is 6.34. The monoisotopic (exact) mass is 355 g/mol. The first-order valence-electron chi connectivity index (χ1n) is 8.68. The highest BCUT2D eigenvalue weighted by atomic mass is 19.1. The van der Waals surface area contributed by atoms with Gasteiger partial charge in [0.05, 0.1) is 11.1 Å². The summed E-state index contributed by atoms with van der Waals surface area (Å²) in [5, 5.41) is 2.73. The number of rotatable bonds is 4. The summed E-state index contributed by atoms with van der Waals surface area (Å²) in [6.07, 6.45) is 1.68. The van der Waals surface area contributed by atoms with Crippen LogP contribution >= 0.6 is 0 Å². The number of aromatic amines is 1. The smallest absolute Gasteiger partial charge is 0.256 e. The highest BCUT2D eigenvalue weighted by Gasteiger charge is 2.26. The minimum absolute atomic E-state index is 0.0341. The van der Waals surface area contributed by atoms with Crippen LogP contribution in [0.2, 0.25) is 0 Å². The van der Waals surface area contributed by atoms with Crippen LogP contribution in [0.3, 0.4) is 0 Å². The molecule has 5 nitrogen and oxygen atoms in total. The number of aromatic nitrogens is 1. The summed E-state index contributed by atoms with van der Waals surface area (Å²) in [6.45, 7) is 8.84. The molecule has 6 heteroatoms. The molecular weight excluding hydrogens is 333 g/mol. The van der Waals surface area contributed by atoms with Gasteiger partial charge in [-0.25, -0.2) is 4.39 Å². The highest BCUT2D eigenvalue weighted by molar-refractivity contribution is 6.34. The van der Waals surface area contributed by atoms with Crippen LogP contribution in [0.15, 0.2) is 18.2 Å². The maximum Gasteiger partial charge on any atom is 0.256 e. The van der Waals surface area contributed by atoms with Gasteiger partial charge in [0, 0.05) is 35.7 Å². The Labute approximate surface area is 151 Å².